The van der Waals surface area contributed by atoms with Crippen LogP contribution in [0.2, 0.25) is 0 Å². The molecule has 1 aliphatic rings. The van der Waals surface area contributed by atoms with Crippen molar-refractivity contribution >= 4 is 16.5 Å². The number of thiazole rings is 1. The second-order valence-electron chi connectivity index (χ2n) is 4.50. The van der Waals surface area contributed by atoms with Crippen molar-refractivity contribution in [1.29, 1.82) is 0 Å². The molecule has 0 spiro atoms. The molecule has 2 rings (SSSR count). The van der Waals surface area contributed by atoms with Gasteiger partial charge < -0.3 is 10.2 Å². The standard InChI is InChI=1S/C11H19N3S/c1-8(2)12-6-9-7-15-11(13-9)14(3)10-4-5-10/h7-8,10,12H,4-6H2,1-3H3. The average molecular weight is 225 g/mol. The first-order chi connectivity index (χ1) is 7.16. The molecule has 1 aliphatic carbocycles. The minimum absolute atomic E-state index is 0.524. The van der Waals surface area contributed by atoms with Crippen LogP contribution in [0.4, 0.5) is 5.13 Å². The van der Waals surface area contributed by atoms with Crippen LogP contribution < -0.4 is 10.2 Å². The molecular formula is C11H19N3S. The third kappa shape index (κ3) is 2.92. The summed E-state index contributed by atoms with van der Waals surface area (Å²) in [5.74, 6) is 0. The van der Waals surface area contributed by atoms with Gasteiger partial charge >= 0.3 is 0 Å². The summed E-state index contributed by atoms with van der Waals surface area (Å²) in [7, 11) is 2.15. The Balaban J connectivity index is 1.91. The molecule has 1 aromatic rings. The second kappa shape index (κ2) is 4.49. The maximum absolute atomic E-state index is 4.63. The van der Waals surface area contributed by atoms with Crippen LogP contribution in [0.25, 0.3) is 0 Å². The minimum Gasteiger partial charge on any atom is -0.348 e. The van der Waals surface area contributed by atoms with Crippen LogP contribution in [0, 0.1) is 0 Å². The normalized spacial score (nSPS) is 16.0. The van der Waals surface area contributed by atoms with Crippen molar-refractivity contribution in [2.24, 2.45) is 0 Å². The molecule has 1 aromatic heterocycles. The third-order valence-electron chi connectivity index (χ3n) is 2.63. The molecule has 0 saturated heterocycles. The van der Waals surface area contributed by atoms with Gasteiger partial charge in [0, 0.05) is 31.1 Å². The number of nitrogens with one attached hydrogen (secondary N) is 1. The Morgan fingerprint density at radius 3 is 2.93 bits per heavy atom. The lowest BCUT2D eigenvalue weighted by atomic mass is 10.4. The number of anilines is 1. The molecule has 1 N–H and O–H groups in total. The Kier molecular flexibility index (Phi) is 3.26. The Labute approximate surface area is 95.5 Å². The van der Waals surface area contributed by atoms with Crippen molar-refractivity contribution < 1.29 is 0 Å². The number of hydrogen-bond acceptors (Lipinski definition) is 4. The van der Waals surface area contributed by atoms with E-state index in [-0.39, 0.29) is 0 Å². The van der Waals surface area contributed by atoms with Gasteiger partial charge in [0.1, 0.15) is 0 Å². The average Bonchev–Trinajstić information content (AvgIpc) is 2.93. The van der Waals surface area contributed by atoms with Gasteiger partial charge in [0.25, 0.3) is 0 Å². The Hall–Kier alpha value is -0.610. The molecule has 1 heterocycles. The van der Waals surface area contributed by atoms with Crippen molar-refractivity contribution in [3.63, 3.8) is 0 Å². The molecule has 0 aliphatic heterocycles. The largest absolute Gasteiger partial charge is 0.348 e. The van der Waals surface area contributed by atoms with Crippen LogP contribution in [0.15, 0.2) is 5.38 Å². The molecule has 3 nitrogen and oxygen atoms in total. The van der Waals surface area contributed by atoms with Crippen LogP contribution in [-0.2, 0) is 6.54 Å². The van der Waals surface area contributed by atoms with E-state index in [4.69, 9.17) is 0 Å². The predicted molar refractivity (Wildman–Crippen MR) is 65.5 cm³/mol. The summed E-state index contributed by atoms with van der Waals surface area (Å²) >= 11 is 1.75. The quantitative estimate of drug-likeness (QED) is 0.833. The maximum Gasteiger partial charge on any atom is 0.185 e. The lowest BCUT2D eigenvalue weighted by molar-refractivity contribution is 0.583. The first-order valence-corrected chi connectivity index (χ1v) is 6.45. The van der Waals surface area contributed by atoms with Crippen molar-refractivity contribution in [2.45, 2.75) is 45.3 Å². The predicted octanol–water partition coefficient (Wildman–Crippen LogP) is 2.24. The number of rotatable bonds is 5. The summed E-state index contributed by atoms with van der Waals surface area (Å²) < 4.78 is 0. The molecule has 0 aromatic carbocycles. The van der Waals surface area contributed by atoms with Crippen molar-refractivity contribution in [1.82, 2.24) is 10.3 Å². The highest BCUT2D eigenvalue weighted by Crippen LogP contribution is 2.31. The minimum atomic E-state index is 0.524. The van der Waals surface area contributed by atoms with E-state index < -0.39 is 0 Å². The Morgan fingerprint density at radius 2 is 2.33 bits per heavy atom. The SMILES string of the molecule is CC(C)NCc1csc(N(C)C2CC2)n1. The molecule has 15 heavy (non-hydrogen) atoms. The zero-order valence-corrected chi connectivity index (χ0v) is 10.5. The van der Waals surface area contributed by atoms with Gasteiger partial charge in [-0.2, -0.15) is 0 Å². The summed E-state index contributed by atoms with van der Waals surface area (Å²) in [6, 6.07) is 1.28. The zero-order valence-electron chi connectivity index (χ0n) is 9.66. The first kappa shape index (κ1) is 10.9. The molecule has 1 saturated carbocycles. The summed E-state index contributed by atoms with van der Waals surface area (Å²) in [6.45, 7) is 5.19. The molecule has 84 valence electrons. The van der Waals surface area contributed by atoms with Crippen molar-refractivity contribution in [3.8, 4) is 0 Å². The van der Waals surface area contributed by atoms with Crippen LogP contribution >= 0.6 is 11.3 Å². The van der Waals surface area contributed by atoms with E-state index in [1.807, 2.05) is 0 Å². The van der Waals surface area contributed by atoms with Crippen LogP contribution in [0.3, 0.4) is 0 Å². The monoisotopic (exact) mass is 225 g/mol. The van der Waals surface area contributed by atoms with E-state index in [0.29, 0.717) is 6.04 Å². The van der Waals surface area contributed by atoms with Crippen LogP contribution in [0.1, 0.15) is 32.4 Å². The highest BCUT2D eigenvalue weighted by Gasteiger charge is 2.27. The van der Waals surface area contributed by atoms with Crippen LogP contribution in [0.5, 0.6) is 0 Å². The molecule has 0 atom stereocenters. The van der Waals surface area contributed by atoms with Gasteiger partial charge in [-0.15, -0.1) is 11.3 Å². The van der Waals surface area contributed by atoms with Gasteiger partial charge in [0.15, 0.2) is 5.13 Å². The van der Waals surface area contributed by atoms with E-state index in [1.54, 1.807) is 11.3 Å². The first-order valence-electron chi connectivity index (χ1n) is 5.57. The highest BCUT2D eigenvalue weighted by atomic mass is 32.1. The van der Waals surface area contributed by atoms with E-state index in [9.17, 15) is 0 Å². The van der Waals surface area contributed by atoms with Gasteiger partial charge in [0.2, 0.25) is 0 Å². The molecule has 0 bridgehead atoms. The fourth-order valence-electron chi connectivity index (χ4n) is 1.47. The zero-order chi connectivity index (χ0) is 10.8. The smallest absolute Gasteiger partial charge is 0.185 e. The summed E-state index contributed by atoms with van der Waals surface area (Å²) in [5, 5.41) is 6.71. The van der Waals surface area contributed by atoms with E-state index >= 15 is 0 Å². The number of hydrogen-bond donors (Lipinski definition) is 1. The fourth-order valence-corrected chi connectivity index (χ4v) is 2.33. The van der Waals surface area contributed by atoms with Gasteiger partial charge in [0.05, 0.1) is 5.69 Å². The number of nitrogens with zero attached hydrogens (tertiary/aromatic N) is 2. The molecule has 1 fully saturated rings. The fraction of sp³-hybridized carbons (Fsp3) is 0.727. The van der Waals surface area contributed by atoms with Crippen molar-refractivity contribution in [3.05, 3.63) is 11.1 Å². The molecule has 0 unspecified atom stereocenters. The summed E-state index contributed by atoms with van der Waals surface area (Å²) in [6.07, 6.45) is 2.66. The second-order valence-corrected chi connectivity index (χ2v) is 5.34. The summed E-state index contributed by atoms with van der Waals surface area (Å²) in [5.41, 5.74) is 1.16. The van der Waals surface area contributed by atoms with E-state index in [1.165, 1.54) is 12.8 Å². The maximum atomic E-state index is 4.63. The number of aromatic nitrogens is 1. The van der Waals surface area contributed by atoms with Gasteiger partial charge in [-0.05, 0) is 12.8 Å². The third-order valence-corrected chi connectivity index (χ3v) is 3.61. The highest BCUT2D eigenvalue weighted by molar-refractivity contribution is 7.13. The van der Waals surface area contributed by atoms with Gasteiger partial charge in [-0.1, -0.05) is 13.8 Å². The van der Waals surface area contributed by atoms with E-state index in [2.05, 4.69) is 41.5 Å². The van der Waals surface area contributed by atoms with Crippen molar-refractivity contribution in [2.75, 3.05) is 11.9 Å². The summed E-state index contributed by atoms with van der Waals surface area (Å²) in [4.78, 5) is 6.93. The molecule has 0 radical (unpaired) electrons. The molecule has 0 amide bonds. The lowest BCUT2D eigenvalue weighted by Gasteiger charge is -2.13. The topological polar surface area (TPSA) is 28.2 Å². The Morgan fingerprint density at radius 1 is 1.60 bits per heavy atom. The molecular weight excluding hydrogens is 206 g/mol. The lowest BCUT2D eigenvalue weighted by Crippen LogP contribution is -2.22. The van der Waals surface area contributed by atoms with Crippen LogP contribution in [-0.4, -0.2) is 24.1 Å². The van der Waals surface area contributed by atoms with Gasteiger partial charge in [-0.3, -0.25) is 0 Å². The molecule has 4 heteroatoms. The van der Waals surface area contributed by atoms with Gasteiger partial charge in [-0.25, -0.2) is 4.98 Å². The Bertz CT molecular complexity index is 317. The van der Waals surface area contributed by atoms with E-state index in [0.717, 1.165) is 23.4 Å².